The lowest BCUT2D eigenvalue weighted by molar-refractivity contribution is 0.0752. The van der Waals surface area contributed by atoms with Gasteiger partial charge < -0.3 is 9.47 Å². The van der Waals surface area contributed by atoms with Crippen molar-refractivity contribution < 1.29 is 4.79 Å². The van der Waals surface area contributed by atoms with Crippen LogP contribution in [0.5, 0.6) is 0 Å². The van der Waals surface area contributed by atoms with Crippen LogP contribution in [-0.2, 0) is 13.1 Å². The summed E-state index contributed by atoms with van der Waals surface area (Å²) in [4.78, 5) is 14.9. The molecule has 0 unspecified atom stereocenters. The van der Waals surface area contributed by atoms with E-state index in [1.807, 2.05) is 30.3 Å². The zero-order valence-corrected chi connectivity index (χ0v) is 15.1. The number of halogens is 1. The number of carbonyl (C=O) groups is 1. The molecule has 3 aromatic rings. The van der Waals surface area contributed by atoms with Gasteiger partial charge in [0.25, 0.3) is 5.91 Å². The van der Waals surface area contributed by atoms with Crippen molar-refractivity contribution in [2.75, 3.05) is 6.54 Å². The second kappa shape index (κ2) is 7.24. The van der Waals surface area contributed by atoms with Crippen molar-refractivity contribution in [1.29, 1.82) is 0 Å². The molecular weight excluding hydrogens is 340 g/mol. The molecule has 0 aliphatic rings. The Bertz CT molecular complexity index is 863. The predicted octanol–water partition coefficient (Wildman–Crippen LogP) is 5.20. The highest BCUT2D eigenvalue weighted by molar-refractivity contribution is 7.17. The number of benzene rings is 1. The number of carbonyl (C=O) groups excluding carboxylic acids is 1. The maximum Gasteiger partial charge on any atom is 0.271 e. The van der Waals surface area contributed by atoms with Crippen molar-refractivity contribution in [2.24, 2.45) is 0 Å². The molecular formula is C19H19ClN2OS. The Labute approximate surface area is 150 Å². The van der Waals surface area contributed by atoms with Gasteiger partial charge in [-0.3, -0.25) is 4.79 Å². The first-order chi connectivity index (χ1) is 11.6. The lowest BCUT2D eigenvalue weighted by Gasteiger charge is -2.22. The summed E-state index contributed by atoms with van der Waals surface area (Å²) >= 11 is 7.60. The van der Waals surface area contributed by atoms with Crippen LogP contribution < -0.4 is 0 Å². The van der Waals surface area contributed by atoms with Gasteiger partial charge >= 0.3 is 0 Å². The van der Waals surface area contributed by atoms with E-state index in [4.69, 9.17) is 11.6 Å². The molecule has 0 fully saturated rings. The smallest absolute Gasteiger partial charge is 0.271 e. The molecule has 2 heterocycles. The molecule has 0 radical (unpaired) electrons. The van der Waals surface area contributed by atoms with Crippen LogP contribution in [0.4, 0.5) is 0 Å². The van der Waals surface area contributed by atoms with Gasteiger partial charge in [-0.05, 0) is 42.1 Å². The molecule has 2 aromatic heterocycles. The van der Waals surface area contributed by atoms with Crippen LogP contribution in [0.1, 0.15) is 23.0 Å². The molecule has 0 saturated carbocycles. The summed E-state index contributed by atoms with van der Waals surface area (Å²) in [5.41, 5.74) is 2.90. The summed E-state index contributed by atoms with van der Waals surface area (Å²) in [5, 5.41) is 2.75. The number of fused-ring (bicyclic) bond motifs is 1. The first-order valence-electron chi connectivity index (χ1n) is 7.85. The van der Waals surface area contributed by atoms with Crippen LogP contribution in [0.25, 0.3) is 10.2 Å². The molecule has 0 aliphatic heterocycles. The van der Waals surface area contributed by atoms with E-state index in [2.05, 4.69) is 29.5 Å². The highest BCUT2D eigenvalue weighted by atomic mass is 35.5. The normalized spacial score (nSPS) is 10.9. The van der Waals surface area contributed by atoms with Gasteiger partial charge in [-0.2, -0.15) is 0 Å². The Hall–Kier alpha value is -2.04. The Morgan fingerprint density at radius 1 is 1.33 bits per heavy atom. The van der Waals surface area contributed by atoms with E-state index >= 15 is 0 Å². The first kappa shape index (κ1) is 16.8. The monoisotopic (exact) mass is 358 g/mol. The quantitative estimate of drug-likeness (QED) is 0.555. The molecule has 0 bridgehead atoms. The third-order valence-electron chi connectivity index (χ3n) is 3.98. The van der Waals surface area contributed by atoms with Gasteiger partial charge in [0.1, 0.15) is 5.69 Å². The van der Waals surface area contributed by atoms with Gasteiger partial charge in [-0.1, -0.05) is 29.8 Å². The van der Waals surface area contributed by atoms with E-state index < -0.39 is 0 Å². The van der Waals surface area contributed by atoms with Crippen LogP contribution in [0.3, 0.4) is 0 Å². The molecule has 0 aliphatic carbocycles. The fraction of sp³-hybridized carbons (Fsp3) is 0.211. The number of hydrogen-bond donors (Lipinski definition) is 0. The Balaban J connectivity index is 1.91. The number of aromatic nitrogens is 1. The predicted molar refractivity (Wildman–Crippen MR) is 102 cm³/mol. The second-order valence-corrected chi connectivity index (χ2v) is 6.93. The van der Waals surface area contributed by atoms with Crippen molar-refractivity contribution in [3.8, 4) is 0 Å². The summed E-state index contributed by atoms with van der Waals surface area (Å²) in [5.74, 6) is 0.0232. The molecule has 24 heavy (non-hydrogen) atoms. The summed E-state index contributed by atoms with van der Waals surface area (Å²) in [6.45, 7) is 7.65. The number of nitrogens with zero attached hydrogens (tertiary/aromatic N) is 2. The van der Waals surface area contributed by atoms with Gasteiger partial charge in [0.15, 0.2) is 0 Å². The topological polar surface area (TPSA) is 25.2 Å². The van der Waals surface area contributed by atoms with Gasteiger partial charge in [0, 0.05) is 24.7 Å². The van der Waals surface area contributed by atoms with Crippen LogP contribution in [-0.4, -0.2) is 21.9 Å². The summed E-state index contributed by atoms with van der Waals surface area (Å²) in [7, 11) is 0. The Kier molecular flexibility index (Phi) is 5.07. The molecule has 124 valence electrons. The lowest BCUT2D eigenvalue weighted by Crippen LogP contribution is -2.32. The van der Waals surface area contributed by atoms with Gasteiger partial charge in [-0.25, -0.2) is 0 Å². The zero-order valence-electron chi connectivity index (χ0n) is 13.5. The van der Waals surface area contributed by atoms with Crippen LogP contribution in [0, 0.1) is 0 Å². The number of thiophene rings is 1. The highest BCUT2D eigenvalue weighted by Gasteiger charge is 2.21. The maximum absolute atomic E-state index is 13.1. The Morgan fingerprint density at radius 3 is 2.75 bits per heavy atom. The molecule has 0 N–H and O–H groups in total. The molecule has 1 amide bonds. The van der Waals surface area contributed by atoms with Crippen molar-refractivity contribution in [2.45, 2.75) is 20.0 Å². The lowest BCUT2D eigenvalue weighted by atomic mass is 10.2. The standard InChI is InChI=1S/C19H19ClN2OS/c1-3-10-21(13-14-5-7-15(20)8-6-14)19(23)17-12-18-16(9-11-24-18)22(17)4-2/h3,5-9,11-12H,1,4,10,13H2,2H3. The van der Waals surface area contributed by atoms with E-state index in [0.717, 1.165) is 28.0 Å². The van der Waals surface area contributed by atoms with Crippen LogP contribution in [0.15, 0.2) is 54.4 Å². The fourth-order valence-corrected chi connectivity index (χ4v) is 3.79. The van der Waals surface area contributed by atoms with E-state index in [1.165, 1.54) is 0 Å². The van der Waals surface area contributed by atoms with Crippen LogP contribution >= 0.6 is 22.9 Å². The number of rotatable bonds is 6. The first-order valence-corrected chi connectivity index (χ1v) is 9.11. The zero-order chi connectivity index (χ0) is 17.1. The van der Waals surface area contributed by atoms with E-state index in [1.54, 1.807) is 22.3 Å². The minimum absolute atomic E-state index is 0.0232. The average molecular weight is 359 g/mol. The molecule has 3 nitrogen and oxygen atoms in total. The summed E-state index contributed by atoms with van der Waals surface area (Å²) < 4.78 is 3.22. The molecule has 5 heteroatoms. The van der Waals surface area contributed by atoms with Crippen molar-refractivity contribution in [3.63, 3.8) is 0 Å². The van der Waals surface area contributed by atoms with E-state index in [9.17, 15) is 4.79 Å². The molecule has 0 saturated heterocycles. The third-order valence-corrected chi connectivity index (χ3v) is 5.09. The van der Waals surface area contributed by atoms with E-state index in [-0.39, 0.29) is 5.91 Å². The Morgan fingerprint density at radius 2 is 2.08 bits per heavy atom. The molecule has 0 atom stereocenters. The largest absolute Gasteiger partial charge is 0.336 e. The van der Waals surface area contributed by atoms with Crippen molar-refractivity contribution >= 4 is 39.1 Å². The van der Waals surface area contributed by atoms with Gasteiger partial charge in [0.2, 0.25) is 0 Å². The highest BCUT2D eigenvalue weighted by Crippen LogP contribution is 2.26. The minimum Gasteiger partial charge on any atom is -0.336 e. The number of aryl methyl sites for hydroxylation is 1. The SMILES string of the molecule is C=CCN(Cc1ccc(Cl)cc1)C(=O)c1cc2sccc2n1CC. The minimum atomic E-state index is 0.0232. The van der Waals surface area contributed by atoms with Gasteiger partial charge in [-0.15, -0.1) is 17.9 Å². The second-order valence-electron chi connectivity index (χ2n) is 5.54. The fourth-order valence-electron chi connectivity index (χ4n) is 2.84. The average Bonchev–Trinajstić information content (AvgIpc) is 3.16. The van der Waals surface area contributed by atoms with E-state index in [0.29, 0.717) is 18.1 Å². The number of amides is 1. The van der Waals surface area contributed by atoms with Crippen molar-refractivity contribution in [1.82, 2.24) is 9.47 Å². The van der Waals surface area contributed by atoms with Crippen molar-refractivity contribution in [3.05, 3.63) is 70.7 Å². The molecule has 0 spiro atoms. The van der Waals surface area contributed by atoms with Crippen LogP contribution in [0.2, 0.25) is 5.02 Å². The maximum atomic E-state index is 13.1. The van der Waals surface area contributed by atoms with Gasteiger partial charge in [0.05, 0.1) is 10.2 Å². The third kappa shape index (κ3) is 3.25. The number of hydrogen-bond acceptors (Lipinski definition) is 2. The molecule has 3 rings (SSSR count). The molecule has 1 aromatic carbocycles. The summed E-state index contributed by atoms with van der Waals surface area (Å²) in [6.07, 6.45) is 1.76. The summed E-state index contributed by atoms with van der Waals surface area (Å²) in [6, 6.07) is 11.6.